The van der Waals surface area contributed by atoms with Gasteiger partial charge in [-0.15, -0.1) is 0 Å². The Morgan fingerprint density at radius 3 is 2.07 bits per heavy atom. The highest BCUT2D eigenvalue weighted by Gasteiger charge is 2.29. The van der Waals surface area contributed by atoms with Gasteiger partial charge >= 0.3 is 0 Å². The number of benzene rings is 2. The van der Waals surface area contributed by atoms with Crippen molar-refractivity contribution in [1.82, 2.24) is 13.9 Å². The van der Waals surface area contributed by atoms with Crippen molar-refractivity contribution in [3.05, 3.63) is 66.2 Å². The molecule has 0 saturated carbocycles. The van der Waals surface area contributed by atoms with E-state index in [1.165, 1.54) is 8.61 Å². The quantitative estimate of drug-likeness (QED) is 0.592. The van der Waals surface area contributed by atoms with Gasteiger partial charge in [0.15, 0.2) is 0 Å². The van der Waals surface area contributed by atoms with Gasteiger partial charge < -0.3 is 5.32 Å². The zero-order chi connectivity index (χ0) is 21.5. The van der Waals surface area contributed by atoms with Crippen molar-refractivity contribution in [2.45, 2.75) is 17.7 Å². The van der Waals surface area contributed by atoms with E-state index in [4.69, 9.17) is 0 Å². The summed E-state index contributed by atoms with van der Waals surface area (Å²) in [7, 11) is -7.28. The Hall–Kier alpha value is -1.78. The molecular weight excluding hydrogens is 422 g/mol. The molecular formula is C21H29N3O4S2. The van der Waals surface area contributed by atoms with Crippen molar-refractivity contribution < 1.29 is 16.8 Å². The second kappa shape index (κ2) is 10.5. The van der Waals surface area contributed by atoms with Crippen LogP contribution in [0.15, 0.2) is 65.6 Å². The molecule has 164 valence electrons. The summed E-state index contributed by atoms with van der Waals surface area (Å²) in [6, 6.07) is 18.1. The maximum atomic E-state index is 13.2. The van der Waals surface area contributed by atoms with Crippen molar-refractivity contribution in [3.8, 4) is 0 Å². The Kier molecular flexibility index (Phi) is 8.01. The van der Waals surface area contributed by atoms with Gasteiger partial charge in [-0.2, -0.15) is 8.61 Å². The Morgan fingerprint density at radius 1 is 0.833 bits per heavy atom. The van der Waals surface area contributed by atoms with Gasteiger partial charge in [-0.1, -0.05) is 48.5 Å². The van der Waals surface area contributed by atoms with E-state index in [0.717, 1.165) is 12.0 Å². The first-order valence-electron chi connectivity index (χ1n) is 10.2. The summed E-state index contributed by atoms with van der Waals surface area (Å²) in [6.45, 7) is 2.27. The number of nitrogens with zero attached hydrogens (tertiary/aromatic N) is 2. The second-order valence-corrected chi connectivity index (χ2v) is 11.3. The average Bonchev–Trinajstić information content (AvgIpc) is 2.78. The van der Waals surface area contributed by atoms with Crippen LogP contribution < -0.4 is 5.32 Å². The molecule has 2 aromatic carbocycles. The maximum absolute atomic E-state index is 13.2. The number of nitrogens with one attached hydrogen (secondary N) is 1. The first-order chi connectivity index (χ1) is 14.4. The third kappa shape index (κ3) is 6.12. The molecule has 0 atom stereocenters. The van der Waals surface area contributed by atoms with E-state index in [2.05, 4.69) is 5.32 Å². The summed E-state index contributed by atoms with van der Waals surface area (Å²) in [5.41, 5.74) is 1.13. The number of piperazine rings is 1. The summed E-state index contributed by atoms with van der Waals surface area (Å²) in [6.07, 6.45) is 1.34. The number of rotatable bonds is 10. The zero-order valence-corrected chi connectivity index (χ0v) is 18.6. The molecule has 0 aromatic heterocycles. The van der Waals surface area contributed by atoms with Crippen LogP contribution in [0.3, 0.4) is 0 Å². The normalized spacial score (nSPS) is 16.0. The smallest absolute Gasteiger partial charge is 0.243 e. The summed E-state index contributed by atoms with van der Waals surface area (Å²) in [5, 5.41) is 3.13. The molecule has 2 aromatic rings. The Morgan fingerprint density at radius 2 is 1.43 bits per heavy atom. The van der Waals surface area contributed by atoms with Crippen LogP contribution >= 0.6 is 0 Å². The molecule has 0 bridgehead atoms. The topological polar surface area (TPSA) is 86.8 Å². The largest absolute Gasteiger partial charge is 0.314 e. The Bertz CT molecular complexity index is 991. The van der Waals surface area contributed by atoms with Crippen LogP contribution in [0.5, 0.6) is 0 Å². The fourth-order valence-electron chi connectivity index (χ4n) is 3.47. The van der Waals surface area contributed by atoms with Crippen molar-refractivity contribution in [2.75, 3.05) is 45.0 Å². The van der Waals surface area contributed by atoms with Crippen LogP contribution in [-0.2, 0) is 26.5 Å². The van der Waals surface area contributed by atoms with E-state index >= 15 is 0 Å². The number of hydrogen-bond donors (Lipinski definition) is 1. The van der Waals surface area contributed by atoms with Crippen LogP contribution in [0, 0.1) is 0 Å². The van der Waals surface area contributed by atoms with Crippen molar-refractivity contribution in [1.29, 1.82) is 0 Å². The molecule has 1 N–H and O–H groups in total. The highest BCUT2D eigenvalue weighted by Crippen LogP contribution is 2.17. The molecule has 7 nitrogen and oxygen atoms in total. The summed E-state index contributed by atoms with van der Waals surface area (Å²) in [4.78, 5) is 0.185. The Balaban J connectivity index is 1.71. The van der Waals surface area contributed by atoms with Crippen molar-refractivity contribution >= 4 is 20.0 Å². The molecule has 1 heterocycles. The molecule has 0 unspecified atom stereocenters. The van der Waals surface area contributed by atoms with Crippen LogP contribution in [0.1, 0.15) is 12.0 Å². The monoisotopic (exact) mass is 451 g/mol. The first kappa shape index (κ1) is 22.9. The van der Waals surface area contributed by atoms with Crippen LogP contribution in [0.2, 0.25) is 0 Å². The van der Waals surface area contributed by atoms with E-state index in [-0.39, 0.29) is 23.7 Å². The van der Waals surface area contributed by atoms with Gasteiger partial charge in [0, 0.05) is 39.3 Å². The van der Waals surface area contributed by atoms with E-state index < -0.39 is 20.0 Å². The van der Waals surface area contributed by atoms with Crippen molar-refractivity contribution in [2.24, 2.45) is 0 Å². The molecule has 1 aliphatic heterocycles. The van der Waals surface area contributed by atoms with E-state index in [9.17, 15) is 16.8 Å². The predicted octanol–water partition coefficient (Wildman–Crippen LogP) is 1.55. The first-order valence-corrected chi connectivity index (χ1v) is 13.2. The van der Waals surface area contributed by atoms with Gasteiger partial charge in [0.25, 0.3) is 0 Å². The SMILES string of the molecule is O=S(=O)(CCN(CCCc1ccccc1)S(=O)(=O)c1ccccc1)N1CCNCC1. The van der Waals surface area contributed by atoms with Crippen LogP contribution in [-0.4, -0.2) is 70.5 Å². The number of hydrogen-bond acceptors (Lipinski definition) is 5. The third-order valence-electron chi connectivity index (χ3n) is 5.16. The van der Waals surface area contributed by atoms with E-state index in [1.54, 1.807) is 30.3 Å². The van der Waals surface area contributed by atoms with E-state index in [1.807, 2.05) is 30.3 Å². The Labute approximate surface area is 179 Å². The van der Waals surface area contributed by atoms with Gasteiger partial charge in [-0.25, -0.2) is 16.8 Å². The van der Waals surface area contributed by atoms with Crippen molar-refractivity contribution in [3.63, 3.8) is 0 Å². The van der Waals surface area contributed by atoms with Gasteiger partial charge in [0.1, 0.15) is 0 Å². The fourth-order valence-corrected chi connectivity index (χ4v) is 6.53. The predicted molar refractivity (Wildman–Crippen MR) is 118 cm³/mol. The van der Waals surface area contributed by atoms with Gasteiger partial charge in [-0.3, -0.25) is 0 Å². The average molecular weight is 452 g/mol. The minimum absolute atomic E-state index is 0.0573. The molecule has 1 aliphatic rings. The lowest BCUT2D eigenvalue weighted by atomic mass is 10.1. The molecule has 1 saturated heterocycles. The zero-order valence-electron chi connectivity index (χ0n) is 17.0. The fraction of sp³-hybridized carbons (Fsp3) is 0.429. The second-order valence-electron chi connectivity index (χ2n) is 7.27. The van der Waals surface area contributed by atoms with Gasteiger partial charge in [0.2, 0.25) is 20.0 Å². The number of aryl methyl sites for hydroxylation is 1. The van der Waals surface area contributed by atoms with Crippen LogP contribution in [0.4, 0.5) is 0 Å². The van der Waals surface area contributed by atoms with E-state index in [0.29, 0.717) is 32.6 Å². The highest BCUT2D eigenvalue weighted by atomic mass is 32.2. The standard InChI is InChI=1S/C21H29N3O4S2/c25-29(26,23-16-13-22-14-17-23)19-18-24(15-7-10-20-8-3-1-4-9-20)30(27,28)21-11-5-2-6-12-21/h1-6,8-9,11-12,22H,7,10,13-19H2. The highest BCUT2D eigenvalue weighted by molar-refractivity contribution is 7.90. The molecule has 0 spiro atoms. The minimum Gasteiger partial charge on any atom is -0.314 e. The molecule has 0 amide bonds. The molecule has 3 rings (SSSR count). The summed E-state index contributed by atoms with van der Waals surface area (Å²) < 4.78 is 54.6. The molecule has 9 heteroatoms. The van der Waals surface area contributed by atoms with Crippen LogP contribution in [0.25, 0.3) is 0 Å². The molecule has 1 fully saturated rings. The lowest BCUT2D eigenvalue weighted by Gasteiger charge is -2.28. The minimum atomic E-state index is -3.77. The molecule has 0 aliphatic carbocycles. The lowest BCUT2D eigenvalue weighted by molar-refractivity contribution is 0.355. The van der Waals surface area contributed by atoms with Gasteiger partial charge in [0.05, 0.1) is 10.6 Å². The third-order valence-corrected chi connectivity index (χ3v) is 8.93. The molecule has 30 heavy (non-hydrogen) atoms. The lowest BCUT2D eigenvalue weighted by Crippen LogP contribution is -2.48. The number of sulfonamides is 2. The van der Waals surface area contributed by atoms with Gasteiger partial charge in [-0.05, 0) is 30.5 Å². The summed E-state index contributed by atoms with van der Waals surface area (Å²) >= 11 is 0. The summed E-state index contributed by atoms with van der Waals surface area (Å²) in [5.74, 6) is -0.218. The molecule has 0 radical (unpaired) electrons. The maximum Gasteiger partial charge on any atom is 0.243 e.